The van der Waals surface area contributed by atoms with Crippen molar-refractivity contribution < 1.29 is 39.0 Å². The Morgan fingerprint density at radius 1 is 0.432 bits per heavy atom. The van der Waals surface area contributed by atoms with Crippen molar-refractivity contribution in [1.82, 2.24) is 0 Å². The van der Waals surface area contributed by atoms with Crippen molar-refractivity contribution >= 4 is 19.8 Å². The van der Waals surface area contributed by atoms with Gasteiger partial charge in [0.2, 0.25) is 0 Å². The molecule has 0 bridgehead atoms. The Labute approximate surface area is 226 Å². The molecule has 0 aromatic rings. The van der Waals surface area contributed by atoms with Crippen LogP contribution in [0.2, 0.25) is 0 Å². The third kappa shape index (κ3) is 61.0. The molecule has 9 heteroatoms. The molecule has 0 radical (unpaired) electrons. The molecule has 0 atom stereocenters. The molecule has 0 fully saturated rings. The first kappa shape index (κ1) is 40.5. The summed E-state index contributed by atoms with van der Waals surface area (Å²) >= 11 is 0. The molecule has 0 spiro atoms. The highest BCUT2D eigenvalue weighted by molar-refractivity contribution is 7.45. The van der Waals surface area contributed by atoms with E-state index in [0.29, 0.717) is 12.8 Å². The lowest BCUT2D eigenvalue weighted by atomic mass is 10.1. The summed E-state index contributed by atoms with van der Waals surface area (Å²) in [6, 6.07) is 0. The predicted octanol–water partition coefficient (Wildman–Crippen LogP) is 8.62. The monoisotopic (exact) mass is 554 g/mol. The van der Waals surface area contributed by atoms with Crippen LogP contribution in [0.4, 0.5) is 0 Å². The van der Waals surface area contributed by atoms with E-state index in [9.17, 15) is 9.59 Å². The van der Waals surface area contributed by atoms with Crippen LogP contribution in [0.3, 0.4) is 0 Å². The van der Waals surface area contributed by atoms with E-state index < -0.39 is 19.8 Å². The Morgan fingerprint density at radius 3 is 0.757 bits per heavy atom. The van der Waals surface area contributed by atoms with Gasteiger partial charge in [0, 0.05) is 12.8 Å². The van der Waals surface area contributed by atoms with E-state index in [0.717, 1.165) is 25.7 Å². The predicted molar refractivity (Wildman–Crippen MR) is 152 cm³/mol. The molecule has 0 amide bonds. The van der Waals surface area contributed by atoms with E-state index in [-0.39, 0.29) is 0 Å². The number of carboxylic acids is 2. The SMILES string of the molecule is CCCCCCCCCCCCCC(=O)O.CCCCCCCCCCCCCC(=O)O.O=P(O)(O)O. The van der Waals surface area contributed by atoms with E-state index in [2.05, 4.69) is 13.8 Å². The van der Waals surface area contributed by atoms with Gasteiger partial charge in [0.15, 0.2) is 0 Å². The molecule has 0 aromatic heterocycles. The van der Waals surface area contributed by atoms with E-state index in [1.165, 1.54) is 116 Å². The fourth-order valence-electron chi connectivity index (χ4n) is 3.88. The van der Waals surface area contributed by atoms with Crippen LogP contribution >= 0.6 is 7.82 Å². The van der Waals surface area contributed by atoms with Crippen molar-refractivity contribution in [3.63, 3.8) is 0 Å². The molecule has 0 aliphatic carbocycles. The van der Waals surface area contributed by atoms with E-state index in [1.54, 1.807) is 0 Å². The van der Waals surface area contributed by atoms with Gasteiger partial charge in [-0.25, -0.2) is 4.57 Å². The number of phosphoric acid groups is 1. The molecule has 224 valence electrons. The van der Waals surface area contributed by atoms with Gasteiger partial charge in [-0.05, 0) is 12.8 Å². The Bertz CT molecular complexity index is 478. The van der Waals surface area contributed by atoms with Gasteiger partial charge in [-0.3, -0.25) is 9.59 Å². The van der Waals surface area contributed by atoms with Crippen LogP contribution in [0.25, 0.3) is 0 Å². The number of rotatable bonds is 24. The van der Waals surface area contributed by atoms with E-state index >= 15 is 0 Å². The lowest BCUT2D eigenvalue weighted by molar-refractivity contribution is -0.138. The fourth-order valence-corrected chi connectivity index (χ4v) is 3.88. The quantitative estimate of drug-likeness (QED) is 0.0587. The number of hydrogen-bond donors (Lipinski definition) is 5. The van der Waals surface area contributed by atoms with Crippen LogP contribution in [0.15, 0.2) is 0 Å². The highest BCUT2D eigenvalue weighted by Crippen LogP contribution is 2.25. The summed E-state index contributed by atoms with van der Waals surface area (Å²) < 4.78 is 8.88. The van der Waals surface area contributed by atoms with Gasteiger partial charge in [-0.15, -0.1) is 0 Å². The molecule has 0 aliphatic rings. The summed E-state index contributed by atoms with van der Waals surface area (Å²) in [5.41, 5.74) is 0. The molecule has 37 heavy (non-hydrogen) atoms. The number of carboxylic acid groups (broad SMARTS) is 2. The number of carbonyl (C=O) groups is 2. The summed E-state index contributed by atoms with van der Waals surface area (Å²) in [6.45, 7) is 4.49. The zero-order valence-electron chi connectivity index (χ0n) is 23.9. The molecule has 0 aromatic carbocycles. The largest absolute Gasteiger partial charge is 0.481 e. The molecule has 0 heterocycles. The summed E-state index contributed by atoms with van der Waals surface area (Å²) in [4.78, 5) is 42.1. The first-order valence-corrected chi connectivity index (χ1v) is 16.3. The highest BCUT2D eigenvalue weighted by Gasteiger charge is 2.00. The fraction of sp³-hybridized carbons (Fsp3) is 0.929. The van der Waals surface area contributed by atoms with Gasteiger partial charge in [-0.1, -0.05) is 142 Å². The average molecular weight is 555 g/mol. The van der Waals surface area contributed by atoms with Gasteiger partial charge in [-0.2, -0.15) is 0 Å². The molecule has 0 unspecified atom stereocenters. The van der Waals surface area contributed by atoms with Crippen molar-refractivity contribution in [3.05, 3.63) is 0 Å². The Morgan fingerprint density at radius 2 is 0.595 bits per heavy atom. The van der Waals surface area contributed by atoms with Crippen LogP contribution in [0, 0.1) is 0 Å². The van der Waals surface area contributed by atoms with Gasteiger partial charge in [0.25, 0.3) is 0 Å². The van der Waals surface area contributed by atoms with Crippen molar-refractivity contribution in [3.8, 4) is 0 Å². The van der Waals surface area contributed by atoms with E-state index in [1.807, 2.05) is 0 Å². The second-order valence-corrected chi connectivity index (χ2v) is 10.9. The standard InChI is InChI=1S/2C14H28O2.H3O4P/c2*1-2-3-4-5-6-7-8-9-10-11-12-13-14(15)16;1-5(2,3)4/h2*2-13H2,1H3,(H,15,16);(H3,1,2,3,4). The van der Waals surface area contributed by atoms with E-state index in [4.69, 9.17) is 29.5 Å². The maximum atomic E-state index is 10.3. The maximum absolute atomic E-state index is 10.3. The van der Waals surface area contributed by atoms with Crippen molar-refractivity contribution in [2.24, 2.45) is 0 Å². The van der Waals surface area contributed by atoms with Crippen LogP contribution in [0.5, 0.6) is 0 Å². The van der Waals surface area contributed by atoms with Crippen LogP contribution in [-0.2, 0) is 14.2 Å². The lowest BCUT2D eigenvalue weighted by Gasteiger charge is -2.01. The van der Waals surface area contributed by atoms with Gasteiger partial charge in [0.1, 0.15) is 0 Å². The van der Waals surface area contributed by atoms with Gasteiger partial charge in [0.05, 0.1) is 0 Å². The maximum Gasteiger partial charge on any atom is 0.466 e. The lowest BCUT2D eigenvalue weighted by Crippen LogP contribution is -1.93. The third-order valence-corrected chi connectivity index (χ3v) is 5.99. The molecule has 8 nitrogen and oxygen atoms in total. The topological polar surface area (TPSA) is 152 Å². The first-order valence-electron chi connectivity index (χ1n) is 14.8. The van der Waals surface area contributed by atoms with Gasteiger partial charge < -0.3 is 24.9 Å². The smallest absolute Gasteiger partial charge is 0.466 e. The van der Waals surface area contributed by atoms with Crippen molar-refractivity contribution in [1.29, 1.82) is 0 Å². The molecule has 0 saturated heterocycles. The molecule has 0 aliphatic heterocycles. The molecule has 0 rings (SSSR count). The number of hydrogen-bond acceptors (Lipinski definition) is 3. The Kier molecular flexibility index (Phi) is 36.2. The first-order chi connectivity index (χ1) is 17.5. The highest BCUT2D eigenvalue weighted by atomic mass is 31.2. The van der Waals surface area contributed by atoms with Crippen LogP contribution in [-0.4, -0.2) is 36.8 Å². The summed E-state index contributed by atoms with van der Waals surface area (Å²) in [6.07, 6.45) is 28.7. The minimum atomic E-state index is -4.64. The second-order valence-electron chi connectivity index (χ2n) is 9.87. The van der Waals surface area contributed by atoms with Crippen LogP contribution < -0.4 is 0 Å². The average Bonchev–Trinajstić information content (AvgIpc) is 2.80. The summed E-state index contributed by atoms with van der Waals surface area (Å²) in [5.74, 6) is -1.31. The minimum Gasteiger partial charge on any atom is -0.481 e. The zero-order chi connectivity index (χ0) is 28.6. The molecule has 0 saturated carbocycles. The second kappa shape index (κ2) is 33.1. The van der Waals surface area contributed by atoms with Crippen molar-refractivity contribution in [2.75, 3.05) is 0 Å². The van der Waals surface area contributed by atoms with Gasteiger partial charge >= 0.3 is 19.8 Å². The Balaban J connectivity index is -0.000000528. The van der Waals surface area contributed by atoms with Crippen molar-refractivity contribution in [2.45, 2.75) is 168 Å². The van der Waals surface area contributed by atoms with Crippen LogP contribution in [0.1, 0.15) is 168 Å². The third-order valence-electron chi connectivity index (χ3n) is 5.99. The Hall–Kier alpha value is -0.950. The molecule has 5 N–H and O–H groups in total. The zero-order valence-corrected chi connectivity index (χ0v) is 24.8. The summed E-state index contributed by atoms with van der Waals surface area (Å²) in [5, 5.41) is 16.9. The summed E-state index contributed by atoms with van der Waals surface area (Å²) in [7, 11) is -4.64. The molecular weight excluding hydrogens is 495 g/mol. The minimum absolute atomic E-state index is 0.344. The number of aliphatic carboxylic acids is 2. The number of unbranched alkanes of at least 4 members (excludes halogenated alkanes) is 20. The normalized spacial score (nSPS) is 10.7. The molecular formula is C28H59O8P.